The van der Waals surface area contributed by atoms with Crippen molar-refractivity contribution in [3.05, 3.63) is 29.6 Å². The number of carbonyl (C=O) groups excluding carboxylic acids is 1. The Labute approximate surface area is 85.5 Å². The van der Waals surface area contributed by atoms with Crippen LogP contribution in [0, 0.1) is 5.82 Å². The fourth-order valence-corrected chi connectivity index (χ4v) is 1.08. The molecule has 0 aliphatic rings. The van der Waals surface area contributed by atoms with Gasteiger partial charge in [-0.15, -0.1) is 0 Å². The van der Waals surface area contributed by atoms with E-state index in [0.717, 1.165) is 6.07 Å². The smallest absolute Gasteiger partial charge is 0.303 e. The number of halogens is 1. The summed E-state index contributed by atoms with van der Waals surface area (Å²) in [6.45, 7) is 0. The Balaban J connectivity index is 2.74. The van der Waals surface area contributed by atoms with Crippen LogP contribution in [0.5, 0.6) is 0 Å². The monoisotopic (exact) mass is 211 g/mol. The number of Topliss-reactive ketones (excluding diaryl/α,β-unsaturated/α-hetero) is 1. The van der Waals surface area contributed by atoms with Gasteiger partial charge in [-0.3, -0.25) is 9.59 Å². The molecule has 0 fully saturated rings. The van der Waals surface area contributed by atoms with Gasteiger partial charge in [-0.1, -0.05) is 0 Å². The Hall–Kier alpha value is -1.91. The molecule has 0 heterocycles. The molecule has 0 atom stereocenters. The van der Waals surface area contributed by atoms with E-state index in [-0.39, 0.29) is 29.9 Å². The number of benzene rings is 1. The van der Waals surface area contributed by atoms with Crippen LogP contribution in [0.4, 0.5) is 10.1 Å². The number of nitrogens with two attached hydrogens (primary N) is 1. The van der Waals surface area contributed by atoms with E-state index in [1.807, 2.05) is 0 Å². The Morgan fingerprint density at radius 2 is 2.00 bits per heavy atom. The van der Waals surface area contributed by atoms with E-state index in [9.17, 15) is 14.0 Å². The molecule has 4 nitrogen and oxygen atoms in total. The van der Waals surface area contributed by atoms with E-state index < -0.39 is 11.8 Å². The maximum Gasteiger partial charge on any atom is 0.303 e. The zero-order valence-corrected chi connectivity index (χ0v) is 7.87. The van der Waals surface area contributed by atoms with Gasteiger partial charge in [-0.25, -0.2) is 4.39 Å². The van der Waals surface area contributed by atoms with Gasteiger partial charge in [0.15, 0.2) is 5.78 Å². The standard InChI is InChI=1S/C10H10FNO3/c11-7-2-1-6(5-8(7)12)9(13)3-4-10(14)15/h1-2,5H,3-4,12H2,(H,14,15). The zero-order valence-electron chi connectivity index (χ0n) is 7.87. The lowest BCUT2D eigenvalue weighted by Crippen LogP contribution is -2.04. The van der Waals surface area contributed by atoms with E-state index >= 15 is 0 Å². The maximum atomic E-state index is 12.7. The number of anilines is 1. The molecule has 0 radical (unpaired) electrons. The number of aliphatic carboxylic acids is 1. The Bertz CT molecular complexity index is 404. The van der Waals surface area contributed by atoms with Gasteiger partial charge < -0.3 is 10.8 Å². The molecular formula is C10H10FNO3. The molecule has 0 aliphatic carbocycles. The van der Waals surface area contributed by atoms with E-state index in [1.54, 1.807) is 0 Å². The summed E-state index contributed by atoms with van der Waals surface area (Å²) < 4.78 is 12.7. The second-order valence-electron chi connectivity index (χ2n) is 3.05. The van der Waals surface area contributed by atoms with Gasteiger partial charge in [0.25, 0.3) is 0 Å². The molecule has 0 unspecified atom stereocenters. The van der Waals surface area contributed by atoms with Crippen LogP contribution in [-0.2, 0) is 4.79 Å². The molecule has 1 rings (SSSR count). The minimum absolute atomic E-state index is 0.111. The van der Waals surface area contributed by atoms with Gasteiger partial charge in [0, 0.05) is 12.0 Å². The first kappa shape index (κ1) is 11.2. The molecule has 0 aliphatic heterocycles. The first-order valence-corrected chi connectivity index (χ1v) is 4.30. The predicted octanol–water partition coefficient (Wildman–Crippen LogP) is 1.46. The molecule has 0 spiro atoms. The second kappa shape index (κ2) is 4.54. The summed E-state index contributed by atoms with van der Waals surface area (Å²) in [6, 6.07) is 3.58. The first-order chi connectivity index (χ1) is 7.00. The van der Waals surface area contributed by atoms with Crippen molar-refractivity contribution < 1.29 is 19.1 Å². The molecule has 0 saturated carbocycles. The predicted molar refractivity (Wildman–Crippen MR) is 52.0 cm³/mol. The van der Waals surface area contributed by atoms with Crippen LogP contribution in [0.3, 0.4) is 0 Å². The fraction of sp³-hybridized carbons (Fsp3) is 0.200. The number of carboxylic acids is 1. The van der Waals surface area contributed by atoms with Gasteiger partial charge in [0.2, 0.25) is 0 Å². The molecule has 0 amide bonds. The molecular weight excluding hydrogens is 201 g/mol. The number of hydrogen-bond donors (Lipinski definition) is 2. The van der Waals surface area contributed by atoms with Crippen LogP contribution in [0.1, 0.15) is 23.2 Å². The lowest BCUT2D eigenvalue weighted by Gasteiger charge is -2.01. The van der Waals surface area contributed by atoms with Crippen LogP contribution in [0.15, 0.2) is 18.2 Å². The number of ketones is 1. The highest BCUT2D eigenvalue weighted by atomic mass is 19.1. The zero-order chi connectivity index (χ0) is 11.4. The number of hydrogen-bond acceptors (Lipinski definition) is 3. The van der Waals surface area contributed by atoms with Crippen LogP contribution in [0.2, 0.25) is 0 Å². The number of carbonyl (C=O) groups is 2. The number of nitrogen functional groups attached to an aromatic ring is 1. The summed E-state index contributed by atoms with van der Waals surface area (Å²) >= 11 is 0. The molecule has 1 aromatic carbocycles. The highest BCUT2D eigenvalue weighted by Gasteiger charge is 2.09. The molecule has 5 heteroatoms. The van der Waals surface area contributed by atoms with Crippen LogP contribution in [-0.4, -0.2) is 16.9 Å². The van der Waals surface area contributed by atoms with Gasteiger partial charge >= 0.3 is 5.97 Å². The highest BCUT2D eigenvalue weighted by Crippen LogP contribution is 2.14. The van der Waals surface area contributed by atoms with Gasteiger partial charge in [0.05, 0.1) is 12.1 Å². The Morgan fingerprint density at radius 3 is 2.53 bits per heavy atom. The Kier molecular flexibility index (Phi) is 3.38. The summed E-state index contributed by atoms with van der Waals surface area (Å²) in [6.07, 6.45) is -0.351. The average Bonchev–Trinajstić information content (AvgIpc) is 2.18. The normalized spacial score (nSPS) is 9.93. The molecule has 0 saturated heterocycles. The number of carboxylic acid groups (broad SMARTS) is 1. The van der Waals surface area contributed by atoms with Crippen LogP contribution >= 0.6 is 0 Å². The van der Waals surface area contributed by atoms with Crippen molar-refractivity contribution in [1.82, 2.24) is 0 Å². The van der Waals surface area contributed by atoms with Crippen LogP contribution < -0.4 is 5.73 Å². The average molecular weight is 211 g/mol. The van der Waals surface area contributed by atoms with Crippen molar-refractivity contribution >= 4 is 17.4 Å². The topological polar surface area (TPSA) is 80.4 Å². The third-order valence-corrected chi connectivity index (χ3v) is 1.88. The van der Waals surface area contributed by atoms with Crippen molar-refractivity contribution in [2.75, 3.05) is 5.73 Å². The van der Waals surface area contributed by atoms with Crippen molar-refractivity contribution in [1.29, 1.82) is 0 Å². The molecule has 1 aromatic rings. The van der Waals surface area contributed by atoms with Gasteiger partial charge in [-0.05, 0) is 18.2 Å². The summed E-state index contributed by atoms with van der Waals surface area (Å²) in [5.74, 6) is -1.99. The van der Waals surface area contributed by atoms with E-state index in [2.05, 4.69) is 0 Å². The van der Waals surface area contributed by atoms with Gasteiger partial charge in [0.1, 0.15) is 5.82 Å². The quantitative estimate of drug-likeness (QED) is 0.583. The van der Waals surface area contributed by atoms with Crippen molar-refractivity contribution in [3.8, 4) is 0 Å². The van der Waals surface area contributed by atoms with Crippen molar-refractivity contribution in [2.24, 2.45) is 0 Å². The Morgan fingerprint density at radius 1 is 1.33 bits per heavy atom. The largest absolute Gasteiger partial charge is 0.481 e. The molecule has 80 valence electrons. The summed E-state index contributed by atoms with van der Waals surface area (Å²) in [5, 5.41) is 8.37. The lowest BCUT2D eigenvalue weighted by atomic mass is 10.1. The van der Waals surface area contributed by atoms with Crippen molar-refractivity contribution in [3.63, 3.8) is 0 Å². The molecule has 15 heavy (non-hydrogen) atoms. The van der Waals surface area contributed by atoms with E-state index in [4.69, 9.17) is 10.8 Å². The molecule has 0 aromatic heterocycles. The first-order valence-electron chi connectivity index (χ1n) is 4.30. The lowest BCUT2D eigenvalue weighted by molar-refractivity contribution is -0.136. The highest BCUT2D eigenvalue weighted by molar-refractivity contribution is 5.98. The fourth-order valence-electron chi connectivity index (χ4n) is 1.08. The third-order valence-electron chi connectivity index (χ3n) is 1.88. The summed E-state index contributed by atoms with van der Waals surface area (Å²) in [5.41, 5.74) is 5.39. The summed E-state index contributed by atoms with van der Waals surface area (Å²) in [4.78, 5) is 21.6. The van der Waals surface area contributed by atoms with E-state index in [0.29, 0.717) is 0 Å². The minimum Gasteiger partial charge on any atom is -0.481 e. The van der Waals surface area contributed by atoms with E-state index in [1.165, 1.54) is 12.1 Å². The SMILES string of the molecule is Nc1cc(C(=O)CCC(=O)O)ccc1F. The maximum absolute atomic E-state index is 12.7. The number of rotatable bonds is 4. The second-order valence-corrected chi connectivity index (χ2v) is 3.05. The van der Waals surface area contributed by atoms with Crippen molar-refractivity contribution in [2.45, 2.75) is 12.8 Å². The molecule has 0 bridgehead atoms. The van der Waals surface area contributed by atoms with Gasteiger partial charge in [-0.2, -0.15) is 0 Å². The third kappa shape index (κ3) is 3.05. The molecule has 3 N–H and O–H groups in total. The summed E-state index contributed by atoms with van der Waals surface area (Å²) in [7, 11) is 0. The minimum atomic E-state index is -1.04. The van der Waals surface area contributed by atoms with Crippen LogP contribution in [0.25, 0.3) is 0 Å².